The largest absolute Gasteiger partial charge is 0.497 e. The number of benzene rings is 3. The Morgan fingerprint density at radius 2 is 2.00 bits per heavy atom. The molecule has 0 radical (unpaired) electrons. The van der Waals surface area contributed by atoms with E-state index in [1.54, 1.807) is 43.5 Å². The Morgan fingerprint density at radius 3 is 2.77 bits per heavy atom. The van der Waals surface area contributed by atoms with Crippen molar-refractivity contribution < 1.29 is 14.3 Å². The van der Waals surface area contributed by atoms with Gasteiger partial charge in [0.2, 0.25) is 0 Å². The molecule has 0 unspecified atom stereocenters. The molecule has 1 N–H and O–H groups in total. The predicted octanol–water partition coefficient (Wildman–Crippen LogP) is 4.67. The third kappa shape index (κ3) is 5.46. The minimum atomic E-state index is -0.333. The number of hydrogen-bond acceptors (Lipinski definition) is 5. The van der Waals surface area contributed by atoms with Crippen molar-refractivity contribution in [2.75, 3.05) is 7.11 Å². The minimum Gasteiger partial charge on any atom is -0.497 e. The number of hydrazone groups is 1. The summed E-state index contributed by atoms with van der Waals surface area (Å²) in [4.78, 5) is 12.2. The number of nitriles is 1. The normalized spacial score (nSPS) is 10.4. The van der Waals surface area contributed by atoms with Crippen LogP contribution in [-0.4, -0.2) is 19.2 Å². The Bertz CT molecular complexity index is 1120. The first-order chi connectivity index (χ1) is 14.6. The summed E-state index contributed by atoms with van der Waals surface area (Å²) in [5.41, 5.74) is 5.12. The molecule has 3 rings (SSSR count). The zero-order valence-corrected chi connectivity index (χ0v) is 17.7. The van der Waals surface area contributed by atoms with E-state index in [9.17, 15) is 4.79 Å². The summed E-state index contributed by atoms with van der Waals surface area (Å²) in [5, 5.41) is 13.2. The molecule has 0 spiro atoms. The zero-order chi connectivity index (χ0) is 21.3. The highest BCUT2D eigenvalue weighted by atomic mass is 79.9. The smallest absolute Gasteiger partial charge is 0.271 e. The van der Waals surface area contributed by atoms with E-state index >= 15 is 0 Å². The zero-order valence-electron chi connectivity index (χ0n) is 16.1. The van der Waals surface area contributed by atoms with E-state index in [0.717, 1.165) is 15.6 Å². The first kappa shape index (κ1) is 21.1. The van der Waals surface area contributed by atoms with Crippen LogP contribution in [0.25, 0.3) is 0 Å². The van der Waals surface area contributed by atoms with Gasteiger partial charge in [-0.3, -0.25) is 4.79 Å². The molecule has 0 aromatic heterocycles. The summed E-state index contributed by atoms with van der Waals surface area (Å²) < 4.78 is 11.7. The SMILES string of the molecule is COc1cccc(C(=O)N/N=C\c2ccc(OCc3ccccc3C#N)c(Br)c2)c1. The molecule has 7 heteroatoms. The first-order valence-corrected chi connectivity index (χ1v) is 9.78. The van der Waals surface area contributed by atoms with Crippen molar-refractivity contribution in [3.63, 3.8) is 0 Å². The van der Waals surface area contributed by atoms with E-state index in [-0.39, 0.29) is 12.5 Å². The second-order valence-corrected chi connectivity index (χ2v) is 7.03. The average Bonchev–Trinajstić information content (AvgIpc) is 2.78. The van der Waals surface area contributed by atoms with E-state index in [4.69, 9.17) is 14.7 Å². The number of nitrogens with one attached hydrogen (secondary N) is 1. The summed E-state index contributed by atoms with van der Waals surface area (Å²) in [7, 11) is 1.54. The van der Waals surface area contributed by atoms with Crippen molar-refractivity contribution in [3.8, 4) is 17.6 Å². The molecule has 30 heavy (non-hydrogen) atoms. The van der Waals surface area contributed by atoms with Crippen LogP contribution in [0.15, 0.2) is 76.3 Å². The van der Waals surface area contributed by atoms with Gasteiger partial charge in [0, 0.05) is 11.1 Å². The topological polar surface area (TPSA) is 83.7 Å². The Hall–Kier alpha value is -3.63. The molecule has 150 valence electrons. The van der Waals surface area contributed by atoms with Gasteiger partial charge in [-0.05, 0) is 64.0 Å². The average molecular weight is 464 g/mol. The number of carbonyl (C=O) groups is 1. The molecule has 0 atom stereocenters. The van der Waals surface area contributed by atoms with Crippen molar-refractivity contribution in [1.82, 2.24) is 5.43 Å². The molecule has 0 saturated carbocycles. The molecule has 0 aliphatic heterocycles. The van der Waals surface area contributed by atoms with Crippen LogP contribution in [0.2, 0.25) is 0 Å². The fourth-order valence-corrected chi connectivity index (χ4v) is 3.13. The van der Waals surface area contributed by atoms with Gasteiger partial charge in [-0.25, -0.2) is 5.43 Å². The monoisotopic (exact) mass is 463 g/mol. The molecule has 0 fully saturated rings. The number of methoxy groups -OCH3 is 1. The van der Waals surface area contributed by atoms with E-state index in [1.807, 2.05) is 30.3 Å². The number of halogens is 1. The lowest BCUT2D eigenvalue weighted by Crippen LogP contribution is -2.17. The molecule has 0 bridgehead atoms. The lowest BCUT2D eigenvalue weighted by molar-refractivity contribution is 0.0955. The van der Waals surface area contributed by atoms with Crippen LogP contribution >= 0.6 is 15.9 Å². The van der Waals surface area contributed by atoms with Gasteiger partial charge in [0.05, 0.1) is 29.4 Å². The number of nitrogens with zero attached hydrogens (tertiary/aromatic N) is 2. The first-order valence-electron chi connectivity index (χ1n) is 8.98. The van der Waals surface area contributed by atoms with Crippen LogP contribution in [0.1, 0.15) is 27.0 Å². The van der Waals surface area contributed by atoms with Crippen molar-refractivity contribution in [2.45, 2.75) is 6.61 Å². The fourth-order valence-electron chi connectivity index (χ4n) is 2.62. The third-order valence-electron chi connectivity index (χ3n) is 4.19. The molecule has 3 aromatic rings. The predicted molar refractivity (Wildman–Crippen MR) is 118 cm³/mol. The van der Waals surface area contributed by atoms with Crippen LogP contribution in [0, 0.1) is 11.3 Å². The van der Waals surface area contributed by atoms with Gasteiger partial charge in [-0.15, -0.1) is 0 Å². The number of amides is 1. The maximum atomic E-state index is 12.2. The molecule has 0 saturated heterocycles. The van der Waals surface area contributed by atoms with Crippen LogP contribution in [0.4, 0.5) is 0 Å². The molecular weight excluding hydrogens is 446 g/mol. The molecule has 6 nitrogen and oxygen atoms in total. The van der Waals surface area contributed by atoms with Gasteiger partial charge in [0.15, 0.2) is 0 Å². The van der Waals surface area contributed by atoms with Gasteiger partial charge in [0.25, 0.3) is 5.91 Å². The Labute approximate surface area is 182 Å². The lowest BCUT2D eigenvalue weighted by atomic mass is 10.1. The quantitative estimate of drug-likeness (QED) is 0.407. The highest BCUT2D eigenvalue weighted by Gasteiger charge is 2.07. The standard InChI is InChI=1S/C23H18BrN3O3/c1-29-20-8-4-7-17(12-20)23(28)27-26-14-16-9-10-22(21(24)11-16)30-15-19-6-3-2-5-18(19)13-25/h2-12,14H,15H2,1H3,(H,27,28)/b26-14-. The molecule has 1 amide bonds. The number of hydrogen-bond donors (Lipinski definition) is 1. The highest BCUT2D eigenvalue weighted by molar-refractivity contribution is 9.10. The van der Waals surface area contributed by atoms with Gasteiger partial charge in [-0.2, -0.15) is 10.4 Å². The maximum absolute atomic E-state index is 12.2. The van der Waals surface area contributed by atoms with Crippen molar-refractivity contribution in [1.29, 1.82) is 5.26 Å². The summed E-state index contributed by atoms with van der Waals surface area (Å²) in [6.45, 7) is 0.284. The van der Waals surface area contributed by atoms with E-state index in [0.29, 0.717) is 22.6 Å². The van der Waals surface area contributed by atoms with Crippen LogP contribution in [0.3, 0.4) is 0 Å². The molecule has 0 aliphatic rings. The van der Waals surface area contributed by atoms with E-state index < -0.39 is 0 Å². The second kappa shape index (κ2) is 10.2. The third-order valence-corrected chi connectivity index (χ3v) is 4.81. The Morgan fingerprint density at radius 1 is 1.17 bits per heavy atom. The molecular formula is C23H18BrN3O3. The Balaban J connectivity index is 1.60. The summed E-state index contributed by atoms with van der Waals surface area (Å²) in [5.74, 6) is 0.907. The van der Waals surface area contributed by atoms with Crippen molar-refractivity contribution in [2.24, 2.45) is 5.10 Å². The fraction of sp³-hybridized carbons (Fsp3) is 0.0870. The number of ether oxygens (including phenoxy) is 2. The Kier molecular flexibility index (Phi) is 7.19. The van der Waals surface area contributed by atoms with Crippen LogP contribution < -0.4 is 14.9 Å². The summed E-state index contributed by atoms with van der Waals surface area (Å²) in [6.07, 6.45) is 1.54. The van der Waals surface area contributed by atoms with Gasteiger partial charge in [-0.1, -0.05) is 24.3 Å². The number of carbonyl (C=O) groups excluding carboxylic acids is 1. The van der Waals surface area contributed by atoms with Crippen LogP contribution in [0.5, 0.6) is 11.5 Å². The second-order valence-electron chi connectivity index (χ2n) is 6.18. The minimum absolute atomic E-state index is 0.284. The lowest BCUT2D eigenvalue weighted by Gasteiger charge is -2.10. The molecule has 0 heterocycles. The highest BCUT2D eigenvalue weighted by Crippen LogP contribution is 2.26. The maximum Gasteiger partial charge on any atom is 0.271 e. The van der Waals surface area contributed by atoms with Crippen molar-refractivity contribution >= 4 is 28.1 Å². The molecule has 0 aliphatic carbocycles. The summed E-state index contributed by atoms with van der Waals surface area (Å²) >= 11 is 3.48. The van der Waals surface area contributed by atoms with Gasteiger partial charge < -0.3 is 9.47 Å². The van der Waals surface area contributed by atoms with Gasteiger partial charge in [0.1, 0.15) is 18.1 Å². The van der Waals surface area contributed by atoms with Gasteiger partial charge >= 0.3 is 0 Å². The van der Waals surface area contributed by atoms with E-state index in [1.165, 1.54) is 6.21 Å². The van der Waals surface area contributed by atoms with Crippen LogP contribution in [-0.2, 0) is 6.61 Å². The molecule has 3 aromatic carbocycles. The summed E-state index contributed by atoms with van der Waals surface area (Å²) in [6, 6.07) is 21.7. The van der Waals surface area contributed by atoms with E-state index in [2.05, 4.69) is 32.5 Å². The van der Waals surface area contributed by atoms with Crippen molar-refractivity contribution in [3.05, 3.63) is 93.5 Å². The number of rotatable bonds is 7.